The van der Waals surface area contributed by atoms with Gasteiger partial charge in [0.05, 0.1) is 6.42 Å². The van der Waals surface area contributed by atoms with Crippen molar-refractivity contribution in [2.75, 3.05) is 10.7 Å². The molecule has 0 aliphatic heterocycles. The lowest BCUT2D eigenvalue weighted by molar-refractivity contribution is -0.136. The number of aromatic nitrogens is 2. The normalized spacial score (nSPS) is 13.3. The van der Waals surface area contributed by atoms with Crippen molar-refractivity contribution >= 4 is 11.8 Å². The Morgan fingerprint density at radius 2 is 2.19 bits per heavy atom. The van der Waals surface area contributed by atoms with Crippen LogP contribution in [0.3, 0.4) is 0 Å². The molecule has 0 aliphatic carbocycles. The SMILES string of the molecule is CC(CC(F)(F)F)Nc1ccnc(NN)n1. The number of rotatable bonds is 4. The third-order valence-electron chi connectivity index (χ3n) is 1.72. The van der Waals surface area contributed by atoms with Crippen LogP contribution in [0.2, 0.25) is 0 Å². The first-order chi connectivity index (χ1) is 7.40. The van der Waals surface area contributed by atoms with Crippen molar-refractivity contribution in [3.05, 3.63) is 12.3 Å². The molecule has 0 bridgehead atoms. The number of halogens is 3. The van der Waals surface area contributed by atoms with E-state index in [-0.39, 0.29) is 5.95 Å². The molecule has 1 heterocycles. The van der Waals surface area contributed by atoms with Gasteiger partial charge in [0.15, 0.2) is 0 Å². The Labute approximate surface area is 90.2 Å². The van der Waals surface area contributed by atoms with E-state index in [1.807, 2.05) is 0 Å². The number of hydrogen-bond donors (Lipinski definition) is 3. The molecule has 1 unspecified atom stereocenters. The fraction of sp³-hybridized carbons (Fsp3) is 0.500. The van der Waals surface area contributed by atoms with E-state index in [4.69, 9.17) is 5.84 Å². The van der Waals surface area contributed by atoms with Crippen LogP contribution in [0.5, 0.6) is 0 Å². The second-order valence-electron chi connectivity index (χ2n) is 3.27. The van der Waals surface area contributed by atoms with Gasteiger partial charge in [-0.1, -0.05) is 0 Å². The fourth-order valence-electron chi connectivity index (χ4n) is 1.16. The van der Waals surface area contributed by atoms with Crippen molar-refractivity contribution in [3.63, 3.8) is 0 Å². The van der Waals surface area contributed by atoms with Gasteiger partial charge in [-0.25, -0.2) is 10.8 Å². The van der Waals surface area contributed by atoms with Crippen LogP contribution in [0.4, 0.5) is 24.9 Å². The fourth-order valence-corrected chi connectivity index (χ4v) is 1.16. The summed E-state index contributed by atoms with van der Waals surface area (Å²) in [6.07, 6.45) is -3.73. The molecule has 5 nitrogen and oxygen atoms in total. The number of alkyl halides is 3. The third kappa shape index (κ3) is 4.30. The number of nitrogens with zero attached hydrogens (tertiary/aromatic N) is 2. The molecule has 8 heteroatoms. The molecule has 4 N–H and O–H groups in total. The van der Waals surface area contributed by atoms with Crippen molar-refractivity contribution in [3.8, 4) is 0 Å². The molecule has 0 amide bonds. The maximum Gasteiger partial charge on any atom is 0.391 e. The van der Waals surface area contributed by atoms with Gasteiger partial charge in [0.25, 0.3) is 0 Å². The Morgan fingerprint density at radius 3 is 2.75 bits per heavy atom. The lowest BCUT2D eigenvalue weighted by Crippen LogP contribution is -2.24. The van der Waals surface area contributed by atoms with E-state index in [1.165, 1.54) is 19.2 Å². The zero-order chi connectivity index (χ0) is 12.2. The highest BCUT2D eigenvalue weighted by Crippen LogP contribution is 2.22. The van der Waals surface area contributed by atoms with Crippen molar-refractivity contribution in [1.82, 2.24) is 9.97 Å². The summed E-state index contributed by atoms with van der Waals surface area (Å²) in [7, 11) is 0. The highest BCUT2D eigenvalue weighted by Gasteiger charge is 2.30. The van der Waals surface area contributed by atoms with Crippen LogP contribution in [0, 0.1) is 0 Å². The average Bonchev–Trinajstić information content (AvgIpc) is 2.15. The summed E-state index contributed by atoms with van der Waals surface area (Å²) in [6, 6.07) is 0.703. The molecule has 90 valence electrons. The Hall–Kier alpha value is -1.57. The lowest BCUT2D eigenvalue weighted by Gasteiger charge is -2.16. The minimum atomic E-state index is -4.20. The van der Waals surface area contributed by atoms with Crippen LogP contribution in [0.15, 0.2) is 12.3 Å². The maximum atomic E-state index is 12.0. The summed E-state index contributed by atoms with van der Waals surface area (Å²) in [5.41, 5.74) is 2.20. The highest BCUT2D eigenvalue weighted by atomic mass is 19.4. The Bertz CT molecular complexity index is 341. The summed E-state index contributed by atoms with van der Waals surface area (Å²) in [6.45, 7) is 1.42. The van der Waals surface area contributed by atoms with Crippen LogP contribution >= 0.6 is 0 Å². The van der Waals surface area contributed by atoms with Gasteiger partial charge in [0.2, 0.25) is 5.95 Å². The van der Waals surface area contributed by atoms with Crippen LogP contribution in [0.1, 0.15) is 13.3 Å². The van der Waals surface area contributed by atoms with Gasteiger partial charge in [-0.3, -0.25) is 5.43 Å². The number of nitrogens with one attached hydrogen (secondary N) is 2. The molecule has 1 atom stereocenters. The van der Waals surface area contributed by atoms with Gasteiger partial charge < -0.3 is 5.32 Å². The molecule has 0 fully saturated rings. The van der Waals surface area contributed by atoms with E-state index >= 15 is 0 Å². The predicted octanol–water partition coefficient (Wildman–Crippen LogP) is 1.51. The third-order valence-corrected chi connectivity index (χ3v) is 1.72. The first kappa shape index (κ1) is 12.5. The molecule has 0 aliphatic rings. The topological polar surface area (TPSA) is 75.9 Å². The zero-order valence-electron chi connectivity index (χ0n) is 8.54. The average molecular weight is 235 g/mol. The van der Waals surface area contributed by atoms with E-state index in [0.717, 1.165) is 0 Å². The molecule has 0 saturated carbocycles. The van der Waals surface area contributed by atoms with Crippen molar-refractivity contribution in [1.29, 1.82) is 0 Å². The highest BCUT2D eigenvalue weighted by molar-refractivity contribution is 5.39. The van der Waals surface area contributed by atoms with Crippen LogP contribution < -0.4 is 16.6 Å². The second kappa shape index (κ2) is 4.97. The zero-order valence-corrected chi connectivity index (χ0v) is 8.54. The largest absolute Gasteiger partial charge is 0.391 e. The molecule has 16 heavy (non-hydrogen) atoms. The standard InChI is InChI=1S/C8H12F3N5/c1-5(4-8(9,10)11)14-6-2-3-13-7(15-6)16-12/h2-3,5H,4,12H2,1H3,(H2,13,14,15,16). The quantitative estimate of drug-likeness (QED) is 0.545. The Morgan fingerprint density at radius 1 is 1.50 bits per heavy atom. The van der Waals surface area contributed by atoms with Crippen LogP contribution in [0.25, 0.3) is 0 Å². The van der Waals surface area contributed by atoms with Gasteiger partial charge >= 0.3 is 6.18 Å². The van der Waals surface area contributed by atoms with Gasteiger partial charge in [-0.2, -0.15) is 18.2 Å². The van der Waals surface area contributed by atoms with Crippen molar-refractivity contribution in [2.24, 2.45) is 5.84 Å². The molecule has 0 aromatic carbocycles. The number of nitrogen functional groups attached to an aromatic ring is 1. The Balaban J connectivity index is 2.59. The van der Waals surface area contributed by atoms with E-state index in [2.05, 4.69) is 20.7 Å². The monoisotopic (exact) mass is 235 g/mol. The molecular weight excluding hydrogens is 223 g/mol. The first-order valence-corrected chi connectivity index (χ1v) is 4.53. The lowest BCUT2D eigenvalue weighted by atomic mass is 10.2. The van der Waals surface area contributed by atoms with E-state index in [1.54, 1.807) is 0 Å². The summed E-state index contributed by atoms with van der Waals surface area (Å²) in [4.78, 5) is 7.57. The van der Waals surface area contributed by atoms with Crippen molar-refractivity contribution < 1.29 is 13.2 Å². The summed E-state index contributed by atoms with van der Waals surface area (Å²) < 4.78 is 36.1. The van der Waals surface area contributed by atoms with Crippen LogP contribution in [-0.2, 0) is 0 Å². The van der Waals surface area contributed by atoms with Crippen LogP contribution in [-0.4, -0.2) is 22.2 Å². The smallest absolute Gasteiger partial charge is 0.367 e. The van der Waals surface area contributed by atoms with Gasteiger partial charge in [-0.05, 0) is 13.0 Å². The molecule has 1 rings (SSSR count). The second-order valence-corrected chi connectivity index (χ2v) is 3.27. The minimum absolute atomic E-state index is 0.143. The molecule has 1 aromatic rings. The first-order valence-electron chi connectivity index (χ1n) is 4.53. The Kier molecular flexibility index (Phi) is 3.88. The maximum absolute atomic E-state index is 12.0. The summed E-state index contributed by atoms with van der Waals surface area (Å²) in [5, 5.41) is 2.61. The van der Waals surface area contributed by atoms with E-state index < -0.39 is 18.6 Å². The van der Waals surface area contributed by atoms with E-state index in [9.17, 15) is 13.2 Å². The number of hydrogen-bond acceptors (Lipinski definition) is 5. The van der Waals surface area contributed by atoms with Gasteiger partial charge in [0, 0.05) is 12.2 Å². The molecule has 0 saturated heterocycles. The molecule has 1 aromatic heterocycles. The number of nitrogens with two attached hydrogens (primary N) is 1. The van der Waals surface area contributed by atoms with Crippen molar-refractivity contribution in [2.45, 2.75) is 25.6 Å². The predicted molar refractivity (Wildman–Crippen MR) is 53.6 cm³/mol. The number of anilines is 2. The van der Waals surface area contributed by atoms with Gasteiger partial charge in [0.1, 0.15) is 5.82 Å². The molecule has 0 spiro atoms. The molecular formula is C8H12F3N5. The van der Waals surface area contributed by atoms with Gasteiger partial charge in [-0.15, -0.1) is 0 Å². The van der Waals surface area contributed by atoms with E-state index in [0.29, 0.717) is 5.82 Å². The minimum Gasteiger partial charge on any atom is -0.367 e. The summed E-state index contributed by atoms with van der Waals surface area (Å²) >= 11 is 0. The summed E-state index contributed by atoms with van der Waals surface area (Å²) in [5.74, 6) is 5.50. The number of hydrazine groups is 1. The molecule has 0 radical (unpaired) electrons.